The molecule has 0 spiro atoms. The van der Waals surface area contributed by atoms with Crippen LogP contribution < -0.4 is 5.32 Å². The molecule has 1 N–H and O–H groups in total. The van der Waals surface area contributed by atoms with Crippen LogP contribution in [0.25, 0.3) is 5.57 Å². The SMILES string of the molecule is C=C(CCNC(=O)c1ccn(CCOC(F)(F)F)n1)c1nnc(C2CC(OC(F)(F)F)C2)o1. The molecular formula is C18H19F6N5O4. The summed E-state index contributed by atoms with van der Waals surface area (Å²) >= 11 is 0. The van der Waals surface area contributed by atoms with Crippen molar-refractivity contribution < 1.29 is 45.0 Å². The second kappa shape index (κ2) is 9.91. The van der Waals surface area contributed by atoms with E-state index in [-0.39, 0.29) is 55.7 Å². The monoisotopic (exact) mass is 483 g/mol. The Hall–Kier alpha value is -2.94. The smallest absolute Gasteiger partial charge is 0.421 e. The summed E-state index contributed by atoms with van der Waals surface area (Å²) in [5.41, 5.74) is 0.416. The van der Waals surface area contributed by atoms with Crippen LogP contribution in [0.2, 0.25) is 0 Å². The molecule has 0 bridgehead atoms. The van der Waals surface area contributed by atoms with Gasteiger partial charge >= 0.3 is 12.7 Å². The van der Waals surface area contributed by atoms with E-state index in [0.29, 0.717) is 5.57 Å². The van der Waals surface area contributed by atoms with Gasteiger partial charge in [0.25, 0.3) is 5.91 Å². The molecule has 0 aromatic carbocycles. The van der Waals surface area contributed by atoms with Gasteiger partial charge in [0.1, 0.15) is 5.69 Å². The molecule has 0 saturated heterocycles. The number of carbonyl (C=O) groups is 1. The molecule has 1 aliphatic carbocycles. The summed E-state index contributed by atoms with van der Waals surface area (Å²) in [6, 6.07) is 1.34. The van der Waals surface area contributed by atoms with Gasteiger partial charge in [-0.1, -0.05) is 6.58 Å². The zero-order chi connectivity index (χ0) is 24.2. The molecular weight excluding hydrogens is 464 g/mol. The topological polar surface area (TPSA) is 104 Å². The zero-order valence-corrected chi connectivity index (χ0v) is 16.9. The normalized spacial score (nSPS) is 18.7. The lowest BCUT2D eigenvalue weighted by Crippen LogP contribution is -2.34. The Balaban J connectivity index is 1.38. The molecule has 2 aromatic heterocycles. The molecule has 1 fully saturated rings. The van der Waals surface area contributed by atoms with Gasteiger partial charge in [0.2, 0.25) is 11.8 Å². The van der Waals surface area contributed by atoms with Crippen molar-refractivity contribution in [3.8, 4) is 0 Å². The number of amides is 1. The number of hydrogen-bond acceptors (Lipinski definition) is 7. The summed E-state index contributed by atoms with van der Waals surface area (Å²) in [5.74, 6) is -0.580. The van der Waals surface area contributed by atoms with E-state index in [2.05, 4.69) is 36.7 Å². The van der Waals surface area contributed by atoms with Gasteiger partial charge in [-0.05, 0) is 25.3 Å². The van der Waals surface area contributed by atoms with Crippen LogP contribution in [0.5, 0.6) is 0 Å². The van der Waals surface area contributed by atoms with Crippen LogP contribution >= 0.6 is 0 Å². The summed E-state index contributed by atoms with van der Waals surface area (Å²) in [4.78, 5) is 12.1. The van der Waals surface area contributed by atoms with Crippen molar-refractivity contribution in [3.63, 3.8) is 0 Å². The Morgan fingerprint density at radius 3 is 2.61 bits per heavy atom. The van der Waals surface area contributed by atoms with Crippen molar-refractivity contribution >= 4 is 11.5 Å². The lowest BCUT2D eigenvalue weighted by Gasteiger charge is -2.32. The highest BCUT2D eigenvalue weighted by molar-refractivity contribution is 5.92. The maximum Gasteiger partial charge on any atom is 0.522 e. The fourth-order valence-corrected chi connectivity index (χ4v) is 2.98. The average molecular weight is 483 g/mol. The second-order valence-corrected chi connectivity index (χ2v) is 7.17. The molecule has 15 heteroatoms. The third-order valence-electron chi connectivity index (χ3n) is 4.66. The van der Waals surface area contributed by atoms with Crippen LogP contribution in [0.4, 0.5) is 26.3 Å². The van der Waals surface area contributed by atoms with Crippen molar-refractivity contribution in [3.05, 3.63) is 36.3 Å². The summed E-state index contributed by atoms with van der Waals surface area (Å²) in [7, 11) is 0. The van der Waals surface area contributed by atoms with Crippen LogP contribution in [0, 0.1) is 0 Å². The van der Waals surface area contributed by atoms with Gasteiger partial charge in [-0.15, -0.1) is 36.5 Å². The van der Waals surface area contributed by atoms with Crippen molar-refractivity contribution in [2.45, 2.75) is 50.6 Å². The lowest BCUT2D eigenvalue weighted by molar-refractivity contribution is -0.352. The zero-order valence-electron chi connectivity index (χ0n) is 16.9. The minimum absolute atomic E-state index is 0.00770. The highest BCUT2D eigenvalue weighted by Gasteiger charge is 2.42. The lowest BCUT2D eigenvalue weighted by atomic mass is 9.82. The Morgan fingerprint density at radius 2 is 1.94 bits per heavy atom. The number of nitrogens with zero attached hydrogens (tertiary/aromatic N) is 4. The number of ether oxygens (including phenoxy) is 2. The van der Waals surface area contributed by atoms with Crippen molar-refractivity contribution in [2.75, 3.05) is 13.2 Å². The molecule has 33 heavy (non-hydrogen) atoms. The van der Waals surface area contributed by atoms with Crippen LogP contribution in [0.15, 0.2) is 23.3 Å². The molecule has 3 rings (SSSR count). The summed E-state index contributed by atoms with van der Waals surface area (Å²) in [5, 5.41) is 14.1. The number of rotatable bonds is 10. The first-order valence-electron chi connectivity index (χ1n) is 9.68. The molecule has 1 amide bonds. The minimum atomic E-state index is -4.74. The van der Waals surface area contributed by atoms with Gasteiger partial charge in [0.15, 0.2) is 0 Å². The van der Waals surface area contributed by atoms with Gasteiger partial charge in [-0.25, -0.2) is 0 Å². The molecule has 0 radical (unpaired) electrons. The first-order chi connectivity index (χ1) is 15.4. The number of aromatic nitrogens is 4. The van der Waals surface area contributed by atoms with Crippen LogP contribution in [-0.4, -0.2) is 57.9 Å². The Bertz CT molecular complexity index is 964. The van der Waals surface area contributed by atoms with Crippen molar-refractivity contribution in [1.82, 2.24) is 25.3 Å². The third kappa shape index (κ3) is 7.56. The van der Waals surface area contributed by atoms with E-state index in [4.69, 9.17) is 4.42 Å². The standard InChI is InChI=1S/C18H19F6N5O4/c1-10(15-26-27-16(32-15)11-8-12(9-11)33-18(22,23)24)2-4-25-14(30)13-3-5-29(28-13)6-7-31-17(19,20)21/h3,5,11-12H,1-2,4,6-9H2,(H,25,30). The number of hydrogen-bond donors (Lipinski definition) is 1. The summed E-state index contributed by atoms with van der Waals surface area (Å²) < 4.78 is 86.6. The molecule has 0 atom stereocenters. The second-order valence-electron chi connectivity index (χ2n) is 7.17. The predicted octanol–water partition coefficient (Wildman–Crippen LogP) is 3.42. The molecule has 2 aromatic rings. The van der Waals surface area contributed by atoms with Crippen LogP contribution in [-0.2, 0) is 16.0 Å². The molecule has 9 nitrogen and oxygen atoms in total. The minimum Gasteiger partial charge on any atom is -0.421 e. The quantitative estimate of drug-likeness (QED) is 0.517. The first-order valence-corrected chi connectivity index (χ1v) is 9.68. The van der Waals surface area contributed by atoms with Crippen LogP contribution in [0.3, 0.4) is 0 Å². The van der Waals surface area contributed by atoms with Crippen molar-refractivity contribution in [1.29, 1.82) is 0 Å². The summed E-state index contributed by atoms with van der Waals surface area (Å²) in [6.07, 6.45) is -8.57. The highest BCUT2D eigenvalue weighted by atomic mass is 19.4. The number of alkyl halides is 6. The molecule has 0 aliphatic heterocycles. The first kappa shape index (κ1) is 24.7. The summed E-state index contributed by atoms with van der Waals surface area (Å²) in [6.45, 7) is 3.08. The van der Waals surface area contributed by atoms with E-state index in [1.54, 1.807) is 0 Å². The molecule has 0 unspecified atom stereocenters. The van der Waals surface area contributed by atoms with Gasteiger partial charge in [0.05, 0.1) is 19.3 Å². The van der Waals surface area contributed by atoms with Gasteiger partial charge < -0.3 is 9.73 Å². The van der Waals surface area contributed by atoms with Crippen molar-refractivity contribution in [2.24, 2.45) is 0 Å². The number of carbonyl (C=O) groups excluding carboxylic acids is 1. The largest absolute Gasteiger partial charge is 0.522 e. The predicted molar refractivity (Wildman–Crippen MR) is 97.4 cm³/mol. The van der Waals surface area contributed by atoms with Gasteiger partial charge in [-0.2, -0.15) is 5.10 Å². The fraction of sp³-hybridized carbons (Fsp3) is 0.556. The Morgan fingerprint density at radius 1 is 1.21 bits per heavy atom. The van der Waals surface area contributed by atoms with Crippen LogP contribution in [0.1, 0.15) is 47.5 Å². The van der Waals surface area contributed by atoms with E-state index < -0.39 is 31.3 Å². The molecule has 182 valence electrons. The average Bonchev–Trinajstić information content (AvgIpc) is 3.32. The molecule has 1 aliphatic rings. The van der Waals surface area contributed by atoms with E-state index in [1.165, 1.54) is 12.3 Å². The van der Waals surface area contributed by atoms with E-state index in [0.717, 1.165) is 4.68 Å². The van der Waals surface area contributed by atoms with E-state index in [1.807, 2.05) is 0 Å². The van der Waals surface area contributed by atoms with E-state index >= 15 is 0 Å². The number of nitrogens with one attached hydrogen (secondary N) is 1. The molecule has 2 heterocycles. The third-order valence-corrected chi connectivity index (χ3v) is 4.66. The highest BCUT2D eigenvalue weighted by Crippen LogP contribution is 2.41. The van der Waals surface area contributed by atoms with E-state index in [9.17, 15) is 31.1 Å². The molecule has 1 saturated carbocycles. The Labute approximate surface area is 182 Å². The van der Waals surface area contributed by atoms with Gasteiger partial charge in [0, 0.05) is 24.2 Å². The number of halogens is 6. The Kier molecular flexibility index (Phi) is 7.41. The van der Waals surface area contributed by atoms with Gasteiger partial charge in [-0.3, -0.25) is 19.0 Å². The fourth-order valence-electron chi connectivity index (χ4n) is 2.98. The maximum atomic E-state index is 12.2. The maximum absolute atomic E-state index is 12.2.